The van der Waals surface area contributed by atoms with Crippen molar-refractivity contribution in [3.63, 3.8) is 0 Å². The number of sulfonamides is 1. The van der Waals surface area contributed by atoms with E-state index in [1.54, 1.807) is 12.1 Å². The highest BCUT2D eigenvalue weighted by molar-refractivity contribution is 7.92. The van der Waals surface area contributed by atoms with Gasteiger partial charge in [0.2, 0.25) is 11.8 Å². The Kier molecular flexibility index (Phi) is 7.47. The molecule has 2 aromatic carbocycles. The van der Waals surface area contributed by atoms with Crippen LogP contribution in [0.2, 0.25) is 0 Å². The number of anilines is 1. The van der Waals surface area contributed by atoms with Crippen LogP contribution in [-0.2, 0) is 10.0 Å². The number of hydrogen-bond acceptors (Lipinski definition) is 7. The van der Waals surface area contributed by atoms with Crippen molar-refractivity contribution in [2.45, 2.75) is 56.6 Å². The third-order valence-electron chi connectivity index (χ3n) is 6.32. The molecule has 1 unspecified atom stereocenters. The summed E-state index contributed by atoms with van der Waals surface area (Å²) < 4.78 is 35.0. The first-order valence-electron chi connectivity index (χ1n) is 11.7. The van der Waals surface area contributed by atoms with Gasteiger partial charge in [-0.25, -0.2) is 18.1 Å². The van der Waals surface area contributed by atoms with Crippen LogP contribution >= 0.6 is 0 Å². The van der Waals surface area contributed by atoms with Gasteiger partial charge in [0.15, 0.2) is 0 Å². The first-order valence-corrected chi connectivity index (χ1v) is 13.2. The van der Waals surface area contributed by atoms with Gasteiger partial charge >= 0.3 is 0 Å². The van der Waals surface area contributed by atoms with Crippen molar-refractivity contribution in [3.05, 3.63) is 65.2 Å². The maximum atomic E-state index is 13.1. The molecule has 0 radical (unpaired) electrons. The second-order valence-corrected chi connectivity index (χ2v) is 10.5. The van der Waals surface area contributed by atoms with Gasteiger partial charge in [-0.2, -0.15) is 4.98 Å². The average Bonchev–Trinajstić information content (AvgIpc) is 2.84. The molecule has 0 amide bonds. The average molecular weight is 495 g/mol. The number of aldehydes is 1. The van der Waals surface area contributed by atoms with Crippen LogP contribution < -0.4 is 14.8 Å². The molecule has 184 valence electrons. The normalized spacial score (nSPS) is 18.1. The lowest BCUT2D eigenvalue weighted by molar-refractivity contribution is 0.112. The summed E-state index contributed by atoms with van der Waals surface area (Å²) in [6.07, 6.45) is 4.60. The zero-order chi connectivity index (χ0) is 25.0. The van der Waals surface area contributed by atoms with Crippen molar-refractivity contribution in [3.8, 4) is 17.1 Å². The molecule has 1 heterocycles. The van der Waals surface area contributed by atoms with Gasteiger partial charge in [0.1, 0.15) is 12.4 Å². The van der Waals surface area contributed by atoms with Gasteiger partial charge in [-0.1, -0.05) is 36.8 Å². The van der Waals surface area contributed by atoms with E-state index < -0.39 is 10.0 Å². The lowest BCUT2D eigenvalue weighted by atomic mass is 9.92. The van der Waals surface area contributed by atoms with Crippen LogP contribution in [0.25, 0.3) is 11.3 Å². The van der Waals surface area contributed by atoms with E-state index in [9.17, 15) is 13.2 Å². The number of likely N-dealkylation sites (N-methyl/N-ethyl adjacent to an activating group) is 1. The van der Waals surface area contributed by atoms with Crippen LogP contribution in [-0.4, -0.2) is 43.9 Å². The van der Waals surface area contributed by atoms with E-state index in [-0.39, 0.29) is 28.6 Å². The molecule has 9 heteroatoms. The highest BCUT2D eigenvalue weighted by Gasteiger charge is 2.27. The Hall–Kier alpha value is -3.30. The summed E-state index contributed by atoms with van der Waals surface area (Å²) in [7, 11) is -2.11. The van der Waals surface area contributed by atoms with Gasteiger partial charge < -0.3 is 10.1 Å². The minimum atomic E-state index is -4.03. The van der Waals surface area contributed by atoms with E-state index in [0.717, 1.165) is 42.4 Å². The largest absolute Gasteiger partial charge is 0.473 e. The number of rotatable bonds is 8. The molecular formula is C26H30N4O4S. The first kappa shape index (κ1) is 24.8. The fourth-order valence-electron chi connectivity index (χ4n) is 4.53. The Bertz CT molecular complexity index is 1310. The second-order valence-electron chi connectivity index (χ2n) is 8.81. The number of carbonyl (C=O) groups is 1. The van der Waals surface area contributed by atoms with Crippen molar-refractivity contribution in [2.75, 3.05) is 11.8 Å². The highest BCUT2D eigenvalue weighted by Crippen LogP contribution is 2.31. The number of nitrogens with one attached hydrogen (secondary N) is 2. The summed E-state index contributed by atoms with van der Waals surface area (Å²) in [5.74, 6) is 0.220. The van der Waals surface area contributed by atoms with Crippen LogP contribution in [0, 0.1) is 13.8 Å². The Labute approximate surface area is 206 Å². The number of aromatic nitrogens is 2. The number of benzene rings is 2. The summed E-state index contributed by atoms with van der Waals surface area (Å²) in [5, 5.41) is 3.32. The van der Waals surface area contributed by atoms with Crippen molar-refractivity contribution in [2.24, 2.45) is 0 Å². The van der Waals surface area contributed by atoms with Crippen LogP contribution in [0.15, 0.2) is 53.4 Å². The predicted molar refractivity (Wildman–Crippen MR) is 135 cm³/mol. The molecule has 0 spiro atoms. The quantitative estimate of drug-likeness (QED) is 0.450. The van der Waals surface area contributed by atoms with Gasteiger partial charge in [0.25, 0.3) is 10.0 Å². The Morgan fingerprint density at radius 3 is 2.43 bits per heavy atom. The molecule has 4 rings (SSSR count). The Morgan fingerprint density at radius 2 is 1.71 bits per heavy atom. The molecule has 2 atom stereocenters. The molecule has 1 aliphatic rings. The van der Waals surface area contributed by atoms with E-state index >= 15 is 0 Å². The maximum absolute atomic E-state index is 13.1. The third-order valence-corrected chi connectivity index (χ3v) is 7.64. The standard InChI is InChI=1S/C26H30N4O4S/c1-17-8-6-9-18(2)25(17)22-15-24(34-23-13-5-4-12-21(23)27-3)29-26(28-22)30-35(32,33)20-11-7-10-19(14-20)16-31/h6-11,14-16,21,23,27H,4-5,12-13H2,1-3H3,(H,28,29,30)/t21?,23-/m0/s1. The monoisotopic (exact) mass is 494 g/mol. The lowest BCUT2D eigenvalue weighted by Gasteiger charge is -2.31. The molecule has 1 fully saturated rings. The summed E-state index contributed by atoms with van der Waals surface area (Å²) in [5.41, 5.74) is 3.75. The summed E-state index contributed by atoms with van der Waals surface area (Å²) >= 11 is 0. The van der Waals surface area contributed by atoms with Crippen LogP contribution in [0.5, 0.6) is 5.88 Å². The smallest absolute Gasteiger partial charge is 0.264 e. The minimum Gasteiger partial charge on any atom is -0.473 e. The van der Waals surface area contributed by atoms with Crippen molar-refractivity contribution in [1.82, 2.24) is 15.3 Å². The van der Waals surface area contributed by atoms with Crippen molar-refractivity contribution >= 4 is 22.3 Å². The summed E-state index contributed by atoms with van der Waals surface area (Å²) in [4.78, 5) is 20.0. The van der Waals surface area contributed by atoms with Gasteiger partial charge in [-0.15, -0.1) is 0 Å². The van der Waals surface area contributed by atoms with Crippen molar-refractivity contribution < 1.29 is 17.9 Å². The van der Waals surface area contributed by atoms with Gasteiger partial charge in [0, 0.05) is 23.2 Å². The Balaban J connectivity index is 1.75. The summed E-state index contributed by atoms with van der Waals surface area (Å²) in [6.45, 7) is 3.97. The Morgan fingerprint density at radius 1 is 1.00 bits per heavy atom. The van der Waals surface area contributed by atoms with Gasteiger partial charge in [0.05, 0.1) is 10.6 Å². The highest BCUT2D eigenvalue weighted by atomic mass is 32.2. The second kappa shape index (κ2) is 10.5. The van der Waals surface area contributed by atoms with Crippen molar-refractivity contribution in [1.29, 1.82) is 0 Å². The molecule has 2 N–H and O–H groups in total. The van der Waals surface area contributed by atoms with E-state index in [2.05, 4.69) is 20.0 Å². The summed E-state index contributed by atoms with van der Waals surface area (Å²) in [6, 6.07) is 13.7. The van der Waals surface area contributed by atoms with E-state index in [4.69, 9.17) is 4.74 Å². The number of nitrogens with zero attached hydrogens (tertiary/aromatic N) is 2. The van der Waals surface area contributed by atoms with E-state index in [1.807, 2.05) is 39.1 Å². The topological polar surface area (TPSA) is 110 Å². The number of carbonyl (C=O) groups excluding carboxylic acids is 1. The molecule has 3 aromatic rings. The molecular weight excluding hydrogens is 464 g/mol. The molecule has 0 aliphatic heterocycles. The molecule has 1 saturated carbocycles. The van der Waals surface area contributed by atoms with Crippen LogP contribution in [0.4, 0.5) is 5.95 Å². The number of aryl methyl sites for hydroxylation is 2. The zero-order valence-corrected chi connectivity index (χ0v) is 20.9. The molecule has 1 aliphatic carbocycles. The third kappa shape index (κ3) is 5.68. The number of ether oxygens (including phenoxy) is 1. The SMILES string of the molecule is CNC1CCCC[C@@H]1Oc1cc(-c2c(C)cccc2C)nc(NS(=O)(=O)c2cccc(C=O)c2)n1. The van der Waals surface area contributed by atoms with Crippen LogP contribution in [0.3, 0.4) is 0 Å². The zero-order valence-electron chi connectivity index (χ0n) is 20.1. The fourth-order valence-corrected chi connectivity index (χ4v) is 5.53. The van der Waals surface area contributed by atoms with E-state index in [1.165, 1.54) is 18.2 Å². The molecule has 35 heavy (non-hydrogen) atoms. The predicted octanol–water partition coefficient (Wildman–Crippen LogP) is 4.28. The molecule has 8 nitrogen and oxygen atoms in total. The molecule has 0 bridgehead atoms. The van der Waals surface area contributed by atoms with Crippen LogP contribution in [0.1, 0.15) is 47.2 Å². The molecule has 1 aromatic heterocycles. The number of hydrogen-bond donors (Lipinski definition) is 2. The van der Waals surface area contributed by atoms with Gasteiger partial charge in [-0.3, -0.25) is 4.79 Å². The maximum Gasteiger partial charge on any atom is 0.264 e. The molecule has 0 saturated heterocycles. The van der Waals surface area contributed by atoms with Gasteiger partial charge in [-0.05, 0) is 63.4 Å². The minimum absolute atomic E-state index is 0.0480. The first-order chi connectivity index (χ1) is 16.8. The fraction of sp³-hybridized carbons (Fsp3) is 0.346. The van der Waals surface area contributed by atoms with E-state index in [0.29, 0.717) is 17.9 Å². The lowest BCUT2D eigenvalue weighted by Crippen LogP contribution is -2.43.